The van der Waals surface area contributed by atoms with Crippen molar-refractivity contribution in [2.24, 2.45) is 0 Å². The maximum atomic E-state index is 12.2. The highest BCUT2D eigenvalue weighted by Gasteiger charge is 2.11. The van der Waals surface area contributed by atoms with Crippen molar-refractivity contribution in [3.8, 4) is 5.69 Å². The standard InChI is InChI=1S/C21H24N4OS2/c1-15-4-7-18(8-5-15)27-11-10-22-20(26)13-28-21-24-23-14-25(21)19-9-6-16(2)12-17(19)3/h4-9,12,14H,10-11,13H2,1-3H3,(H,22,26). The van der Waals surface area contributed by atoms with Gasteiger partial charge in [-0.15, -0.1) is 22.0 Å². The van der Waals surface area contributed by atoms with E-state index < -0.39 is 0 Å². The number of aromatic nitrogens is 3. The highest BCUT2D eigenvalue weighted by Crippen LogP contribution is 2.22. The van der Waals surface area contributed by atoms with Crippen LogP contribution in [0.4, 0.5) is 0 Å². The Morgan fingerprint density at radius 3 is 2.54 bits per heavy atom. The van der Waals surface area contributed by atoms with Gasteiger partial charge in [-0.25, -0.2) is 0 Å². The predicted octanol–water partition coefficient (Wildman–Crippen LogP) is 4.19. The number of amides is 1. The molecule has 2 aromatic carbocycles. The van der Waals surface area contributed by atoms with Crippen LogP contribution in [0.15, 0.2) is 58.8 Å². The summed E-state index contributed by atoms with van der Waals surface area (Å²) < 4.78 is 1.93. The van der Waals surface area contributed by atoms with E-state index in [4.69, 9.17) is 0 Å². The number of nitrogens with zero attached hydrogens (tertiary/aromatic N) is 3. The van der Waals surface area contributed by atoms with Gasteiger partial charge in [0.15, 0.2) is 5.16 Å². The summed E-state index contributed by atoms with van der Waals surface area (Å²) in [6.45, 7) is 6.85. The second-order valence-corrected chi connectivity index (χ2v) is 8.68. The van der Waals surface area contributed by atoms with E-state index >= 15 is 0 Å². The van der Waals surface area contributed by atoms with E-state index in [0.29, 0.717) is 12.3 Å². The third kappa shape index (κ3) is 5.62. The normalized spacial score (nSPS) is 10.8. The van der Waals surface area contributed by atoms with Gasteiger partial charge in [-0.05, 0) is 44.5 Å². The van der Waals surface area contributed by atoms with Gasteiger partial charge >= 0.3 is 0 Å². The summed E-state index contributed by atoms with van der Waals surface area (Å²) in [5, 5.41) is 11.9. The SMILES string of the molecule is Cc1ccc(SCCNC(=O)CSc2nncn2-c2ccc(C)cc2C)cc1. The van der Waals surface area contributed by atoms with E-state index in [-0.39, 0.29) is 5.91 Å². The van der Waals surface area contributed by atoms with E-state index in [1.54, 1.807) is 18.1 Å². The van der Waals surface area contributed by atoms with Crippen LogP contribution in [0.5, 0.6) is 0 Å². The summed E-state index contributed by atoms with van der Waals surface area (Å²) in [5.74, 6) is 1.17. The van der Waals surface area contributed by atoms with Gasteiger partial charge in [0, 0.05) is 17.2 Å². The second kappa shape index (κ2) is 9.80. The number of thioether (sulfide) groups is 2. The maximum absolute atomic E-state index is 12.2. The van der Waals surface area contributed by atoms with Gasteiger partial charge in [-0.3, -0.25) is 9.36 Å². The lowest BCUT2D eigenvalue weighted by molar-refractivity contribution is -0.118. The molecule has 0 fully saturated rings. The number of nitrogens with one attached hydrogen (secondary N) is 1. The molecule has 3 rings (SSSR count). The second-order valence-electron chi connectivity index (χ2n) is 6.57. The third-order valence-corrected chi connectivity index (χ3v) is 6.13. The minimum atomic E-state index is 0.00434. The van der Waals surface area contributed by atoms with Crippen LogP contribution in [0.2, 0.25) is 0 Å². The van der Waals surface area contributed by atoms with Crippen LogP contribution in [-0.2, 0) is 4.79 Å². The molecule has 0 aliphatic carbocycles. The van der Waals surface area contributed by atoms with Crippen molar-refractivity contribution in [2.45, 2.75) is 30.8 Å². The third-order valence-electron chi connectivity index (χ3n) is 4.17. The smallest absolute Gasteiger partial charge is 0.230 e. The molecule has 1 amide bonds. The molecule has 0 aliphatic heterocycles. The molecule has 0 spiro atoms. The molecule has 0 saturated carbocycles. The lowest BCUT2D eigenvalue weighted by Crippen LogP contribution is -2.27. The Morgan fingerprint density at radius 2 is 1.79 bits per heavy atom. The molecule has 1 heterocycles. The number of hydrogen-bond donors (Lipinski definition) is 1. The topological polar surface area (TPSA) is 59.8 Å². The van der Waals surface area contributed by atoms with Crippen molar-refractivity contribution in [3.63, 3.8) is 0 Å². The van der Waals surface area contributed by atoms with Crippen molar-refractivity contribution in [1.29, 1.82) is 0 Å². The molecule has 0 saturated heterocycles. The number of carbonyl (C=O) groups is 1. The molecule has 0 atom stereocenters. The lowest BCUT2D eigenvalue weighted by atomic mass is 10.1. The van der Waals surface area contributed by atoms with Crippen molar-refractivity contribution >= 4 is 29.4 Å². The van der Waals surface area contributed by atoms with E-state index in [0.717, 1.165) is 22.2 Å². The fourth-order valence-corrected chi connectivity index (χ4v) is 4.26. The molecule has 0 aliphatic rings. The summed E-state index contributed by atoms with van der Waals surface area (Å²) in [6.07, 6.45) is 1.69. The first-order chi connectivity index (χ1) is 13.5. The van der Waals surface area contributed by atoms with E-state index in [9.17, 15) is 4.79 Å². The van der Waals surface area contributed by atoms with Gasteiger partial charge in [-0.1, -0.05) is 47.2 Å². The lowest BCUT2D eigenvalue weighted by Gasteiger charge is -2.10. The molecular formula is C21H24N4OS2. The molecule has 1 aromatic heterocycles. The zero-order valence-corrected chi connectivity index (χ0v) is 17.9. The summed E-state index contributed by atoms with van der Waals surface area (Å²) in [7, 11) is 0. The molecular weight excluding hydrogens is 388 g/mol. The average molecular weight is 413 g/mol. The minimum Gasteiger partial charge on any atom is -0.355 e. The Morgan fingerprint density at radius 1 is 1.04 bits per heavy atom. The number of benzene rings is 2. The monoisotopic (exact) mass is 412 g/mol. The summed E-state index contributed by atoms with van der Waals surface area (Å²) in [5.41, 5.74) is 4.65. The quantitative estimate of drug-likeness (QED) is 0.444. The molecule has 146 valence electrons. The Bertz CT molecular complexity index is 938. The van der Waals surface area contributed by atoms with Gasteiger partial charge in [0.2, 0.25) is 5.91 Å². The number of hydrogen-bond acceptors (Lipinski definition) is 5. The van der Waals surface area contributed by atoms with Gasteiger partial charge in [0.05, 0.1) is 11.4 Å². The van der Waals surface area contributed by atoms with Gasteiger partial charge < -0.3 is 5.32 Å². The van der Waals surface area contributed by atoms with Crippen LogP contribution in [0.3, 0.4) is 0 Å². The summed E-state index contributed by atoms with van der Waals surface area (Å²) in [6, 6.07) is 14.7. The largest absolute Gasteiger partial charge is 0.355 e. The Labute approximate surface area is 174 Å². The van der Waals surface area contributed by atoms with E-state index in [2.05, 4.69) is 78.7 Å². The first-order valence-electron chi connectivity index (χ1n) is 9.09. The van der Waals surface area contributed by atoms with Crippen LogP contribution in [0.25, 0.3) is 5.69 Å². The van der Waals surface area contributed by atoms with Gasteiger partial charge in [0.1, 0.15) is 6.33 Å². The number of carbonyl (C=O) groups excluding carboxylic acids is 1. The fraction of sp³-hybridized carbons (Fsp3) is 0.286. The number of rotatable bonds is 8. The zero-order valence-electron chi connectivity index (χ0n) is 16.3. The maximum Gasteiger partial charge on any atom is 0.230 e. The van der Waals surface area contributed by atoms with Crippen LogP contribution < -0.4 is 5.32 Å². The zero-order chi connectivity index (χ0) is 19.9. The molecule has 7 heteroatoms. The van der Waals surface area contributed by atoms with Crippen LogP contribution in [0.1, 0.15) is 16.7 Å². The highest BCUT2D eigenvalue weighted by molar-refractivity contribution is 7.99. The minimum absolute atomic E-state index is 0.00434. The van der Waals surface area contributed by atoms with Crippen molar-refractivity contribution < 1.29 is 4.79 Å². The van der Waals surface area contributed by atoms with E-state index in [1.165, 1.54) is 27.8 Å². The Hall–Kier alpha value is -2.25. The molecule has 0 bridgehead atoms. The number of aryl methyl sites for hydroxylation is 3. The molecule has 0 radical (unpaired) electrons. The van der Waals surface area contributed by atoms with E-state index in [1.807, 2.05) is 4.57 Å². The summed E-state index contributed by atoms with van der Waals surface area (Å²) >= 11 is 3.14. The average Bonchev–Trinajstić information content (AvgIpc) is 3.13. The van der Waals surface area contributed by atoms with Crippen molar-refractivity contribution in [3.05, 3.63) is 65.5 Å². The Balaban J connectivity index is 1.46. The molecule has 0 unspecified atom stereocenters. The predicted molar refractivity (Wildman–Crippen MR) is 116 cm³/mol. The van der Waals surface area contributed by atoms with Crippen LogP contribution in [0, 0.1) is 20.8 Å². The first kappa shape index (κ1) is 20.5. The summed E-state index contributed by atoms with van der Waals surface area (Å²) in [4.78, 5) is 13.4. The van der Waals surface area contributed by atoms with Gasteiger partial charge in [-0.2, -0.15) is 0 Å². The van der Waals surface area contributed by atoms with Crippen molar-refractivity contribution in [2.75, 3.05) is 18.1 Å². The highest BCUT2D eigenvalue weighted by atomic mass is 32.2. The molecule has 1 N–H and O–H groups in total. The van der Waals surface area contributed by atoms with Gasteiger partial charge in [0.25, 0.3) is 0 Å². The first-order valence-corrected chi connectivity index (χ1v) is 11.1. The molecule has 28 heavy (non-hydrogen) atoms. The molecule has 5 nitrogen and oxygen atoms in total. The fourth-order valence-electron chi connectivity index (χ4n) is 2.74. The molecule has 3 aromatic rings. The van der Waals surface area contributed by atoms with Crippen molar-refractivity contribution in [1.82, 2.24) is 20.1 Å². The van der Waals surface area contributed by atoms with Crippen LogP contribution in [-0.4, -0.2) is 38.7 Å². The Kier molecular flexibility index (Phi) is 7.17. The van der Waals surface area contributed by atoms with Crippen LogP contribution >= 0.6 is 23.5 Å².